The zero-order chi connectivity index (χ0) is 24.8. The lowest BCUT2D eigenvalue weighted by Gasteiger charge is -2.35. The van der Waals surface area contributed by atoms with E-state index in [4.69, 9.17) is 0 Å². The first-order valence-corrected chi connectivity index (χ1v) is 11.4. The number of alkyl halides is 6. The van der Waals surface area contributed by atoms with Crippen LogP contribution in [0.4, 0.5) is 32.2 Å². The van der Waals surface area contributed by atoms with Crippen molar-refractivity contribution in [3.8, 4) is 0 Å². The Morgan fingerprint density at radius 1 is 0.848 bits per heavy atom. The molecule has 3 rings (SSSR count). The summed E-state index contributed by atoms with van der Waals surface area (Å²) >= 11 is 0. The Hall–Kier alpha value is -2.41. The molecule has 6 nitrogen and oxygen atoms in total. The summed E-state index contributed by atoms with van der Waals surface area (Å²) in [6, 6.07) is 2.11. The number of sulfonamides is 1. The molecule has 0 atom stereocenters. The summed E-state index contributed by atoms with van der Waals surface area (Å²) in [5.74, 6) is 1.26. The number of aromatic nitrogens is 2. The average Bonchev–Trinajstić information content (AvgIpc) is 2.71. The van der Waals surface area contributed by atoms with Crippen LogP contribution < -0.4 is 4.90 Å². The van der Waals surface area contributed by atoms with Gasteiger partial charge in [0.15, 0.2) is 0 Å². The van der Waals surface area contributed by atoms with Gasteiger partial charge >= 0.3 is 12.4 Å². The molecule has 1 aliphatic heterocycles. The van der Waals surface area contributed by atoms with Crippen molar-refractivity contribution in [3.05, 3.63) is 46.9 Å². The van der Waals surface area contributed by atoms with E-state index in [1.54, 1.807) is 17.9 Å². The second-order valence-corrected chi connectivity index (χ2v) is 9.95. The van der Waals surface area contributed by atoms with Crippen molar-refractivity contribution >= 4 is 15.8 Å². The van der Waals surface area contributed by atoms with E-state index in [1.807, 2.05) is 13.8 Å². The molecular formula is C20H22F6N4O2S. The zero-order valence-electron chi connectivity index (χ0n) is 18.0. The van der Waals surface area contributed by atoms with Gasteiger partial charge in [0.05, 0.1) is 16.0 Å². The normalized spacial score (nSPS) is 16.5. The third-order valence-electron chi connectivity index (χ3n) is 5.14. The van der Waals surface area contributed by atoms with E-state index >= 15 is 0 Å². The summed E-state index contributed by atoms with van der Waals surface area (Å²) in [5, 5.41) is 0. The smallest absolute Gasteiger partial charge is 0.354 e. The second-order valence-electron chi connectivity index (χ2n) is 8.01. The van der Waals surface area contributed by atoms with E-state index < -0.39 is 38.4 Å². The number of benzene rings is 1. The van der Waals surface area contributed by atoms with Gasteiger partial charge in [-0.05, 0) is 25.1 Å². The fraction of sp³-hybridized carbons (Fsp3) is 0.500. The van der Waals surface area contributed by atoms with Gasteiger partial charge in [0.2, 0.25) is 10.0 Å². The highest BCUT2D eigenvalue weighted by atomic mass is 32.2. The van der Waals surface area contributed by atoms with Gasteiger partial charge in [-0.2, -0.15) is 30.6 Å². The highest BCUT2D eigenvalue weighted by Gasteiger charge is 2.39. The van der Waals surface area contributed by atoms with Crippen molar-refractivity contribution in [3.63, 3.8) is 0 Å². The maximum Gasteiger partial charge on any atom is 0.416 e. The van der Waals surface area contributed by atoms with Crippen LogP contribution >= 0.6 is 0 Å². The summed E-state index contributed by atoms with van der Waals surface area (Å²) in [5.41, 5.74) is -2.62. The second kappa shape index (κ2) is 8.75. The third kappa shape index (κ3) is 5.57. The van der Waals surface area contributed by atoms with Gasteiger partial charge in [-0.1, -0.05) is 13.8 Å². The Morgan fingerprint density at radius 2 is 1.36 bits per heavy atom. The highest BCUT2D eigenvalue weighted by molar-refractivity contribution is 7.89. The number of aryl methyl sites for hydroxylation is 1. The van der Waals surface area contributed by atoms with E-state index in [2.05, 4.69) is 9.97 Å². The van der Waals surface area contributed by atoms with Crippen molar-refractivity contribution in [1.29, 1.82) is 0 Å². The quantitative estimate of drug-likeness (QED) is 0.585. The number of nitrogens with zero attached hydrogens (tertiary/aromatic N) is 4. The number of anilines is 1. The average molecular weight is 496 g/mol. The first kappa shape index (κ1) is 25.2. The van der Waals surface area contributed by atoms with Gasteiger partial charge in [0.25, 0.3) is 0 Å². The van der Waals surface area contributed by atoms with Crippen LogP contribution in [0.1, 0.15) is 42.4 Å². The van der Waals surface area contributed by atoms with Gasteiger partial charge < -0.3 is 4.90 Å². The van der Waals surface area contributed by atoms with Crippen molar-refractivity contribution < 1.29 is 34.8 Å². The van der Waals surface area contributed by atoms with E-state index in [-0.39, 0.29) is 50.3 Å². The maximum absolute atomic E-state index is 13.1. The summed E-state index contributed by atoms with van der Waals surface area (Å²) in [4.78, 5) is 9.59. The molecule has 0 unspecified atom stereocenters. The van der Waals surface area contributed by atoms with Gasteiger partial charge in [-0.25, -0.2) is 18.4 Å². The molecule has 1 aliphatic rings. The minimum Gasteiger partial charge on any atom is -0.354 e. The molecule has 0 bridgehead atoms. The Balaban J connectivity index is 1.87. The molecule has 2 heterocycles. The molecular weight excluding hydrogens is 474 g/mol. The molecule has 0 aliphatic carbocycles. The summed E-state index contributed by atoms with van der Waals surface area (Å²) in [6.07, 6.45) is -10.3. The van der Waals surface area contributed by atoms with Crippen LogP contribution in [-0.4, -0.2) is 48.9 Å². The Morgan fingerprint density at radius 3 is 1.82 bits per heavy atom. The van der Waals surface area contributed by atoms with Crippen LogP contribution in [0.3, 0.4) is 0 Å². The lowest BCUT2D eigenvalue weighted by Crippen LogP contribution is -2.49. The molecule has 33 heavy (non-hydrogen) atoms. The monoisotopic (exact) mass is 496 g/mol. The molecule has 0 saturated carbocycles. The summed E-state index contributed by atoms with van der Waals surface area (Å²) in [6.45, 7) is 5.72. The fourth-order valence-corrected chi connectivity index (χ4v) is 4.87. The standard InChI is InChI=1S/C20H22F6N4O2S/c1-12(2)18-27-13(3)8-17(28-18)29-4-6-30(7-5-29)33(31,32)16-10-14(19(21,22)23)9-15(11-16)20(24,25)26/h8-12H,4-7H2,1-3H3. The van der Waals surface area contributed by atoms with Gasteiger partial charge in [-0.3, -0.25) is 0 Å². The fourth-order valence-electron chi connectivity index (χ4n) is 3.38. The number of hydrogen-bond acceptors (Lipinski definition) is 5. The molecule has 0 N–H and O–H groups in total. The van der Waals surface area contributed by atoms with Crippen molar-refractivity contribution in [2.75, 3.05) is 31.1 Å². The maximum atomic E-state index is 13.1. The molecule has 0 amide bonds. The molecule has 1 fully saturated rings. The predicted octanol–water partition coefficient (Wildman–Crippen LogP) is 4.46. The topological polar surface area (TPSA) is 66.4 Å². The Bertz CT molecular complexity index is 1090. The van der Waals surface area contributed by atoms with Gasteiger partial charge in [0.1, 0.15) is 11.6 Å². The highest BCUT2D eigenvalue weighted by Crippen LogP contribution is 2.38. The van der Waals surface area contributed by atoms with Crippen molar-refractivity contribution in [2.24, 2.45) is 0 Å². The third-order valence-corrected chi connectivity index (χ3v) is 7.01. The molecule has 0 spiro atoms. The van der Waals surface area contributed by atoms with E-state index in [9.17, 15) is 34.8 Å². The largest absolute Gasteiger partial charge is 0.416 e. The Labute approximate surface area is 187 Å². The summed E-state index contributed by atoms with van der Waals surface area (Å²) in [7, 11) is -4.59. The minimum absolute atomic E-state index is 0.0639. The van der Waals surface area contributed by atoms with Crippen LogP contribution in [0.25, 0.3) is 0 Å². The molecule has 1 saturated heterocycles. The number of hydrogen-bond donors (Lipinski definition) is 0. The Kier molecular flexibility index (Phi) is 6.68. The lowest BCUT2D eigenvalue weighted by molar-refractivity contribution is -0.143. The van der Waals surface area contributed by atoms with Crippen LogP contribution in [-0.2, 0) is 22.4 Å². The number of rotatable bonds is 4. The SMILES string of the molecule is Cc1cc(N2CCN(S(=O)(=O)c3cc(C(F)(F)F)cc(C(F)(F)F)c3)CC2)nc(C(C)C)n1. The van der Waals surface area contributed by atoms with Crippen molar-refractivity contribution in [1.82, 2.24) is 14.3 Å². The molecule has 2 aromatic rings. The van der Waals surface area contributed by atoms with Crippen molar-refractivity contribution in [2.45, 2.75) is 43.9 Å². The first-order chi connectivity index (χ1) is 15.1. The van der Waals surface area contributed by atoms with Gasteiger partial charge in [0, 0.05) is 43.9 Å². The minimum atomic E-state index is -5.14. The number of halogens is 6. The van der Waals surface area contributed by atoms with E-state index in [0.29, 0.717) is 11.6 Å². The zero-order valence-corrected chi connectivity index (χ0v) is 18.8. The molecule has 1 aromatic heterocycles. The molecule has 1 aromatic carbocycles. The van der Waals surface area contributed by atoms with E-state index in [1.165, 1.54) is 0 Å². The van der Waals surface area contributed by atoms with E-state index in [0.717, 1.165) is 10.00 Å². The molecule has 0 radical (unpaired) electrons. The molecule has 13 heteroatoms. The number of piperazine rings is 1. The lowest BCUT2D eigenvalue weighted by atomic mass is 10.1. The predicted molar refractivity (Wildman–Crippen MR) is 108 cm³/mol. The van der Waals surface area contributed by atoms with Crippen LogP contribution in [0, 0.1) is 6.92 Å². The first-order valence-electron chi connectivity index (χ1n) is 9.99. The van der Waals surface area contributed by atoms with Crippen LogP contribution in [0.5, 0.6) is 0 Å². The van der Waals surface area contributed by atoms with Gasteiger partial charge in [-0.15, -0.1) is 0 Å². The summed E-state index contributed by atoms with van der Waals surface area (Å²) < 4.78 is 106. The van der Waals surface area contributed by atoms with Crippen LogP contribution in [0.15, 0.2) is 29.2 Å². The van der Waals surface area contributed by atoms with Crippen LogP contribution in [0.2, 0.25) is 0 Å². The molecule has 182 valence electrons.